The van der Waals surface area contributed by atoms with Gasteiger partial charge in [-0.25, -0.2) is 0 Å². The maximum atomic E-state index is 2.50. The van der Waals surface area contributed by atoms with Crippen LogP contribution in [-0.4, -0.2) is 0 Å². The van der Waals surface area contributed by atoms with Crippen molar-refractivity contribution in [2.75, 3.05) is 0 Å². The standard InChI is InChI=1S/C46H26S2/c1-2-14-28-27(12-1)13-11-21-31(28)44-32-17-3-5-19-34(32)45(35-20-6-4-18-33(35)44)38-25-39-30-16-8-10-23-42(30)48-46(39)40-26-43-37(24-36(38)40)29-15-7-9-22-41(29)47-43/h1-26H. The van der Waals surface area contributed by atoms with Crippen LogP contribution in [0.2, 0.25) is 0 Å². The van der Waals surface area contributed by atoms with E-state index in [1.807, 2.05) is 22.7 Å². The van der Waals surface area contributed by atoms with Gasteiger partial charge in [-0.15, -0.1) is 22.7 Å². The van der Waals surface area contributed by atoms with Crippen LogP contribution in [0.1, 0.15) is 0 Å². The molecule has 0 saturated heterocycles. The van der Waals surface area contributed by atoms with Gasteiger partial charge in [-0.1, -0.05) is 127 Å². The van der Waals surface area contributed by atoms with Crippen LogP contribution in [0.4, 0.5) is 0 Å². The first-order chi connectivity index (χ1) is 23.8. The van der Waals surface area contributed by atoms with E-state index < -0.39 is 0 Å². The Morgan fingerprint density at radius 3 is 1.46 bits per heavy atom. The normalized spacial score (nSPS) is 12.2. The molecular weight excluding hydrogens is 617 g/mol. The van der Waals surface area contributed by atoms with Crippen molar-refractivity contribution in [3.05, 3.63) is 158 Å². The van der Waals surface area contributed by atoms with E-state index in [1.165, 1.54) is 106 Å². The molecule has 2 aromatic heterocycles. The quantitative estimate of drug-likeness (QED) is 0.165. The summed E-state index contributed by atoms with van der Waals surface area (Å²) < 4.78 is 5.40. The largest absolute Gasteiger partial charge is 0.135 e. The van der Waals surface area contributed by atoms with Crippen LogP contribution in [-0.2, 0) is 0 Å². The third kappa shape index (κ3) is 3.65. The Balaban J connectivity index is 1.36. The molecule has 0 N–H and O–H groups in total. The average Bonchev–Trinajstić information content (AvgIpc) is 3.71. The minimum Gasteiger partial charge on any atom is -0.135 e. The Morgan fingerprint density at radius 2 is 0.771 bits per heavy atom. The molecule has 222 valence electrons. The maximum Gasteiger partial charge on any atom is 0.0434 e. The van der Waals surface area contributed by atoms with E-state index in [4.69, 9.17) is 0 Å². The van der Waals surface area contributed by atoms with Gasteiger partial charge in [0.15, 0.2) is 0 Å². The monoisotopic (exact) mass is 642 g/mol. The van der Waals surface area contributed by atoms with Gasteiger partial charge in [-0.3, -0.25) is 0 Å². The van der Waals surface area contributed by atoms with Crippen molar-refractivity contribution in [3.8, 4) is 22.3 Å². The lowest BCUT2D eigenvalue weighted by Crippen LogP contribution is -1.92. The summed E-state index contributed by atoms with van der Waals surface area (Å²) in [6.07, 6.45) is 0. The van der Waals surface area contributed by atoms with Crippen molar-refractivity contribution in [3.63, 3.8) is 0 Å². The zero-order valence-corrected chi connectivity index (χ0v) is 27.5. The first-order valence-electron chi connectivity index (χ1n) is 16.4. The maximum absolute atomic E-state index is 2.50. The van der Waals surface area contributed by atoms with Gasteiger partial charge in [0.05, 0.1) is 0 Å². The Kier molecular flexibility index (Phi) is 5.51. The van der Waals surface area contributed by atoms with Crippen molar-refractivity contribution in [2.45, 2.75) is 0 Å². The summed E-state index contributed by atoms with van der Waals surface area (Å²) in [7, 11) is 0. The second-order valence-electron chi connectivity index (χ2n) is 12.8. The number of hydrogen-bond acceptors (Lipinski definition) is 2. The molecule has 9 aromatic carbocycles. The summed E-state index contributed by atoms with van der Waals surface area (Å²) in [5.74, 6) is 0. The van der Waals surface area contributed by atoms with Crippen LogP contribution < -0.4 is 0 Å². The number of thiophene rings is 2. The van der Waals surface area contributed by atoms with Crippen molar-refractivity contribution < 1.29 is 0 Å². The molecule has 0 spiro atoms. The number of rotatable bonds is 2. The van der Waals surface area contributed by atoms with Crippen LogP contribution >= 0.6 is 22.7 Å². The van der Waals surface area contributed by atoms with E-state index in [-0.39, 0.29) is 0 Å². The lowest BCUT2D eigenvalue weighted by atomic mass is 9.83. The van der Waals surface area contributed by atoms with Crippen LogP contribution in [0.5, 0.6) is 0 Å². The molecule has 0 radical (unpaired) electrons. The fourth-order valence-corrected chi connectivity index (χ4v) is 10.5. The SMILES string of the molecule is c1ccc2c(-c3c4ccccc4c(-c4cc5c6ccccc6sc5c5cc6sc7ccccc7c6cc45)c4ccccc34)cccc2c1. The Labute approximate surface area is 284 Å². The van der Waals surface area contributed by atoms with Crippen LogP contribution in [0.3, 0.4) is 0 Å². The predicted octanol–water partition coefficient (Wildman–Crippen LogP) is 14.4. The highest BCUT2D eigenvalue weighted by atomic mass is 32.1. The van der Waals surface area contributed by atoms with Crippen molar-refractivity contribution in [1.29, 1.82) is 0 Å². The minimum atomic E-state index is 1.26. The van der Waals surface area contributed by atoms with Gasteiger partial charge in [0.2, 0.25) is 0 Å². The van der Waals surface area contributed by atoms with Gasteiger partial charge < -0.3 is 0 Å². The molecule has 11 aromatic rings. The zero-order valence-electron chi connectivity index (χ0n) is 25.8. The Hall–Kier alpha value is -5.54. The molecule has 0 unspecified atom stereocenters. The van der Waals surface area contributed by atoms with Gasteiger partial charge in [-0.05, 0) is 90.3 Å². The van der Waals surface area contributed by atoms with E-state index in [9.17, 15) is 0 Å². The topological polar surface area (TPSA) is 0 Å². The van der Waals surface area contributed by atoms with E-state index >= 15 is 0 Å². The lowest BCUT2D eigenvalue weighted by molar-refractivity contribution is 1.70. The predicted molar refractivity (Wildman–Crippen MR) is 213 cm³/mol. The molecule has 0 saturated carbocycles. The van der Waals surface area contributed by atoms with Gasteiger partial charge in [0, 0.05) is 45.7 Å². The molecule has 11 rings (SSSR count). The molecule has 48 heavy (non-hydrogen) atoms. The van der Waals surface area contributed by atoms with Crippen molar-refractivity contribution in [2.24, 2.45) is 0 Å². The van der Waals surface area contributed by atoms with Crippen LogP contribution in [0.25, 0.3) is 106 Å². The van der Waals surface area contributed by atoms with Crippen molar-refractivity contribution >= 4 is 106 Å². The number of fused-ring (bicyclic) bond motifs is 11. The highest BCUT2D eigenvalue weighted by molar-refractivity contribution is 7.27. The third-order valence-electron chi connectivity index (χ3n) is 10.2. The van der Waals surface area contributed by atoms with E-state index in [1.54, 1.807) is 0 Å². The van der Waals surface area contributed by atoms with Gasteiger partial charge in [0.1, 0.15) is 0 Å². The molecule has 0 amide bonds. The van der Waals surface area contributed by atoms with E-state index in [0.29, 0.717) is 0 Å². The second kappa shape index (κ2) is 9.98. The molecule has 0 nitrogen and oxygen atoms in total. The summed E-state index contributed by atoms with van der Waals surface area (Å²) in [6, 6.07) is 58.9. The molecule has 2 heteroatoms. The van der Waals surface area contributed by atoms with E-state index in [2.05, 4.69) is 158 Å². The van der Waals surface area contributed by atoms with Crippen LogP contribution in [0, 0.1) is 0 Å². The lowest BCUT2D eigenvalue weighted by Gasteiger charge is -2.20. The third-order valence-corrected chi connectivity index (χ3v) is 12.6. The molecule has 2 heterocycles. The molecule has 0 fully saturated rings. The first kappa shape index (κ1) is 26.5. The minimum absolute atomic E-state index is 1.26. The average molecular weight is 643 g/mol. The summed E-state index contributed by atoms with van der Waals surface area (Å²) in [4.78, 5) is 0. The zero-order chi connectivity index (χ0) is 31.3. The number of hydrogen-bond donors (Lipinski definition) is 0. The molecule has 0 aliphatic heterocycles. The molecular formula is C46H26S2. The van der Waals surface area contributed by atoms with Gasteiger partial charge in [0.25, 0.3) is 0 Å². The first-order valence-corrected chi connectivity index (χ1v) is 18.1. The summed E-state index contributed by atoms with van der Waals surface area (Å²) in [6.45, 7) is 0. The van der Waals surface area contributed by atoms with Crippen molar-refractivity contribution in [1.82, 2.24) is 0 Å². The Morgan fingerprint density at radius 1 is 0.271 bits per heavy atom. The highest BCUT2D eigenvalue weighted by Gasteiger charge is 2.22. The fraction of sp³-hybridized carbons (Fsp3) is 0. The molecule has 0 atom stereocenters. The summed E-state index contributed by atoms with van der Waals surface area (Å²) in [5.41, 5.74) is 5.20. The van der Waals surface area contributed by atoms with Crippen LogP contribution in [0.15, 0.2) is 158 Å². The smallest absolute Gasteiger partial charge is 0.0434 e. The van der Waals surface area contributed by atoms with Gasteiger partial charge in [-0.2, -0.15) is 0 Å². The fourth-order valence-electron chi connectivity index (χ4n) is 8.17. The molecule has 0 aliphatic rings. The Bertz CT molecular complexity index is 3060. The second-order valence-corrected chi connectivity index (χ2v) is 14.9. The van der Waals surface area contributed by atoms with E-state index in [0.717, 1.165) is 0 Å². The summed E-state index contributed by atoms with van der Waals surface area (Å²) in [5, 5.41) is 15.7. The highest BCUT2D eigenvalue weighted by Crippen LogP contribution is 2.50. The van der Waals surface area contributed by atoms with Gasteiger partial charge >= 0.3 is 0 Å². The summed E-state index contributed by atoms with van der Waals surface area (Å²) >= 11 is 3.83. The number of benzene rings is 9. The molecule has 0 bridgehead atoms. The molecule has 0 aliphatic carbocycles.